The maximum Gasteiger partial charge on any atom is 0.0988 e. The molecule has 3 rings (SSSR count). The van der Waals surface area contributed by atoms with Crippen LogP contribution in [0.2, 0.25) is 0 Å². The van der Waals surface area contributed by atoms with E-state index in [2.05, 4.69) is 4.99 Å². The third kappa shape index (κ3) is 1.17. The summed E-state index contributed by atoms with van der Waals surface area (Å²) in [6.45, 7) is 0. The van der Waals surface area contributed by atoms with Crippen LogP contribution in [0, 0.1) is 0 Å². The van der Waals surface area contributed by atoms with Crippen molar-refractivity contribution in [1.29, 1.82) is 0 Å². The van der Waals surface area contributed by atoms with Crippen LogP contribution in [-0.4, -0.2) is 14.8 Å². The monoisotopic (exact) mass is 213 g/mol. The fourth-order valence-electron chi connectivity index (χ4n) is 1.84. The van der Waals surface area contributed by atoms with Crippen LogP contribution >= 0.6 is 0 Å². The van der Waals surface area contributed by atoms with Crippen molar-refractivity contribution in [2.24, 2.45) is 4.99 Å². The van der Waals surface area contributed by atoms with Crippen molar-refractivity contribution in [1.82, 2.24) is 0 Å². The van der Waals surface area contributed by atoms with Crippen molar-refractivity contribution in [2.45, 2.75) is 0 Å². The molecule has 1 aliphatic carbocycles. The Balaban J connectivity index is 2.29. The Kier molecular flexibility index (Phi) is 1.79. The van der Waals surface area contributed by atoms with Gasteiger partial charge in [-0.05, 0) is 12.1 Å². The van der Waals surface area contributed by atoms with E-state index in [1.54, 1.807) is 0 Å². The van der Waals surface area contributed by atoms with E-state index < -0.39 is 0 Å². The molecule has 0 radical (unpaired) electrons. The van der Waals surface area contributed by atoms with Gasteiger partial charge in [-0.2, -0.15) is 0 Å². The lowest BCUT2D eigenvalue weighted by Gasteiger charge is -2.05. The lowest BCUT2D eigenvalue weighted by atomic mass is 9.97. The number of fused-ring (bicyclic) bond motifs is 3. The Morgan fingerprint density at radius 2 is 2.07 bits per heavy atom. The fraction of sp³-hybridized carbons (Fsp3) is 0. The quantitative estimate of drug-likeness (QED) is 0.607. The molecule has 3 heteroatoms. The zero-order valence-electron chi connectivity index (χ0n) is 7.81. The fourth-order valence-corrected chi connectivity index (χ4v) is 2.21. The van der Waals surface area contributed by atoms with E-state index in [0.717, 1.165) is 22.5 Å². The van der Waals surface area contributed by atoms with Crippen LogP contribution in [0.15, 0.2) is 47.5 Å². The number of nitrogens with zero attached hydrogens (tertiary/aromatic N) is 1. The molecule has 0 N–H and O–H groups in total. The molecule has 2 nitrogen and oxygen atoms in total. The zero-order valence-corrected chi connectivity index (χ0v) is 8.62. The van der Waals surface area contributed by atoms with E-state index in [-0.39, 0.29) is 0 Å². The van der Waals surface area contributed by atoms with Crippen LogP contribution in [0.1, 0.15) is 5.56 Å². The van der Waals surface area contributed by atoms with Crippen molar-refractivity contribution in [2.75, 3.05) is 0 Å². The van der Waals surface area contributed by atoms with Crippen LogP contribution < -0.4 is 0 Å². The summed E-state index contributed by atoms with van der Waals surface area (Å²) in [5, 5.41) is 0. The molecule has 1 heterocycles. The Hall–Kier alpha value is -1.74. The number of benzene rings is 1. The van der Waals surface area contributed by atoms with Gasteiger partial charge >= 0.3 is 0 Å². The van der Waals surface area contributed by atoms with Gasteiger partial charge in [-0.25, -0.2) is 9.20 Å². The number of para-hydroxylation sites is 1. The highest BCUT2D eigenvalue weighted by atomic mass is 32.1. The molecule has 72 valence electrons. The first-order chi connectivity index (χ1) is 7.40. The van der Waals surface area contributed by atoms with Crippen molar-refractivity contribution in [3.63, 3.8) is 0 Å². The van der Waals surface area contributed by atoms with Crippen molar-refractivity contribution >= 4 is 33.1 Å². The summed E-state index contributed by atoms with van der Waals surface area (Å²) >= 11 is 0.501. The van der Waals surface area contributed by atoms with Gasteiger partial charge in [0.15, 0.2) is 0 Å². The van der Waals surface area contributed by atoms with E-state index in [1.165, 1.54) is 0 Å². The highest BCUT2D eigenvalue weighted by molar-refractivity contribution is 7.69. The van der Waals surface area contributed by atoms with Gasteiger partial charge in [-0.3, -0.25) is 0 Å². The first-order valence-corrected chi connectivity index (χ1v) is 5.38. The molecule has 0 unspecified atom stereocenters. The molecule has 1 aromatic carbocycles. The number of allylic oxidation sites excluding steroid dienone is 4. The second-order valence-corrected chi connectivity index (χ2v) is 3.97. The van der Waals surface area contributed by atoms with Gasteiger partial charge in [0, 0.05) is 11.1 Å². The third-order valence-electron chi connectivity index (χ3n) is 2.52. The number of rotatable bonds is 0. The largest absolute Gasteiger partial charge is 0.246 e. The van der Waals surface area contributed by atoms with Crippen LogP contribution in [0.3, 0.4) is 0 Å². The summed E-state index contributed by atoms with van der Waals surface area (Å²) in [6, 6.07) is 7.94. The molecule has 1 aromatic rings. The van der Waals surface area contributed by atoms with Crippen molar-refractivity contribution in [3.05, 3.63) is 48.1 Å². The smallest absolute Gasteiger partial charge is 0.0988 e. The SMILES string of the molecule is O=S=C1C=CC=C2C1=Nc1ccccc12. The van der Waals surface area contributed by atoms with Gasteiger partial charge in [0.1, 0.15) is 0 Å². The molecule has 1 aliphatic heterocycles. The highest BCUT2D eigenvalue weighted by Gasteiger charge is 2.24. The molecule has 0 amide bonds. The summed E-state index contributed by atoms with van der Waals surface area (Å²) in [4.78, 5) is 5.16. The summed E-state index contributed by atoms with van der Waals surface area (Å²) in [7, 11) is 0. The minimum Gasteiger partial charge on any atom is -0.246 e. The Labute approximate surface area is 90.7 Å². The Morgan fingerprint density at radius 1 is 1.20 bits per heavy atom. The molecular weight excluding hydrogens is 206 g/mol. The van der Waals surface area contributed by atoms with Gasteiger partial charge < -0.3 is 0 Å². The minimum absolute atomic E-state index is 0.501. The lowest BCUT2D eigenvalue weighted by molar-refractivity contribution is 0.701. The van der Waals surface area contributed by atoms with Crippen molar-refractivity contribution < 1.29 is 4.21 Å². The molecule has 0 bridgehead atoms. The standard InChI is InChI=1S/C12H7NOS/c14-15-11-7-3-5-9-8-4-1-2-6-10(8)13-12(9)11/h1-7H. The maximum atomic E-state index is 10.9. The Morgan fingerprint density at radius 3 is 2.93 bits per heavy atom. The molecule has 0 fully saturated rings. The van der Waals surface area contributed by atoms with Gasteiger partial charge in [0.2, 0.25) is 0 Å². The van der Waals surface area contributed by atoms with Gasteiger partial charge in [0.05, 0.1) is 27.5 Å². The second kappa shape index (κ2) is 3.14. The predicted octanol–water partition coefficient (Wildman–Crippen LogP) is 2.11. The van der Waals surface area contributed by atoms with Crippen LogP contribution in [0.25, 0.3) is 5.57 Å². The summed E-state index contributed by atoms with van der Waals surface area (Å²) in [5.74, 6) is 0. The topological polar surface area (TPSA) is 29.4 Å². The lowest BCUT2D eigenvalue weighted by Crippen LogP contribution is -2.12. The third-order valence-corrected chi connectivity index (χ3v) is 3.02. The van der Waals surface area contributed by atoms with Crippen molar-refractivity contribution in [3.8, 4) is 0 Å². The van der Waals surface area contributed by atoms with E-state index >= 15 is 0 Å². The first-order valence-electron chi connectivity index (χ1n) is 4.64. The van der Waals surface area contributed by atoms with Crippen LogP contribution in [-0.2, 0) is 11.3 Å². The molecule has 0 atom stereocenters. The van der Waals surface area contributed by atoms with Crippen LogP contribution in [0.5, 0.6) is 0 Å². The van der Waals surface area contributed by atoms with Gasteiger partial charge in [0.25, 0.3) is 0 Å². The van der Waals surface area contributed by atoms with E-state index in [1.807, 2.05) is 42.5 Å². The minimum atomic E-state index is 0.501. The van der Waals surface area contributed by atoms with Gasteiger partial charge in [-0.15, -0.1) is 0 Å². The molecule has 0 saturated carbocycles. The molecule has 0 spiro atoms. The summed E-state index contributed by atoms with van der Waals surface area (Å²) < 4.78 is 10.9. The summed E-state index contributed by atoms with van der Waals surface area (Å²) in [5.41, 5.74) is 3.95. The number of hydrogen-bond donors (Lipinski definition) is 0. The predicted molar refractivity (Wildman–Crippen MR) is 63.8 cm³/mol. The Bertz CT molecular complexity index is 589. The first kappa shape index (κ1) is 8.56. The van der Waals surface area contributed by atoms with Gasteiger partial charge in [-0.1, -0.05) is 30.4 Å². The van der Waals surface area contributed by atoms with E-state index in [0.29, 0.717) is 16.1 Å². The average Bonchev–Trinajstić information content (AvgIpc) is 2.67. The second-order valence-electron chi connectivity index (χ2n) is 3.36. The van der Waals surface area contributed by atoms with Crippen LogP contribution in [0.4, 0.5) is 5.69 Å². The molecule has 15 heavy (non-hydrogen) atoms. The van der Waals surface area contributed by atoms with E-state index in [4.69, 9.17) is 0 Å². The molecule has 2 aliphatic rings. The average molecular weight is 213 g/mol. The maximum absolute atomic E-state index is 10.9. The number of aliphatic imine (C=N–C) groups is 1. The normalized spacial score (nSPS) is 16.7. The number of hydrogen-bond acceptors (Lipinski definition) is 2. The summed E-state index contributed by atoms with van der Waals surface area (Å²) in [6.07, 6.45) is 5.72. The molecule has 0 saturated heterocycles. The molecular formula is C12H7NOS. The molecule has 0 aromatic heterocycles. The highest BCUT2D eigenvalue weighted by Crippen LogP contribution is 2.35. The van der Waals surface area contributed by atoms with E-state index in [9.17, 15) is 4.21 Å². The zero-order chi connectivity index (χ0) is 10.3.